The number of aliphatic imine (C=N–C) groups is 4. The number of nitrogen functional groups attached to an aromatic ring is 1. The van der Waals surface area contributed by atoms with E-state index in [9.17, 15) is 0 Å². The minimum Gasteiger partial charge on any atom is -0.382 e. The quantitative estimate of drug-likeness (QED) is 0.509. The maximum absolute atomic E-state index is 6.04. The van der Waals surface area contributed by atoms with Gasteiger partial charge in [-0.2, -0.15) is 15.0 Å². The van der Waals surface area contributed by atoms with Crippen LogP contribution in [-0.4, -0.2) is 49.9 Å². The number of rotatable bonds is 2. The molecule has 1 atom stereocenters. The zero-order valence-corrected chi connectivity index (χ0v) is 10.5. The molecule has 104 valence electrons. The second kappa shape index (κ2) is 3.89. The van der Waals surface area contributed by atoms with Gasteiger partial charge in [-0.1, -0.05) is 0 Å². The topological polar surface area (TPSA) is 168 Å². The van der Waals surface area contributed by atoms with Gasteiger partial charge in [0, 0.05) is 0 Å². The summed E-state index contributed by atoms with van der Waals surface area (Å²) < 4.78 is 0. The molecule has 6 N–H and O–H groups in total. The molecule has 2 aliphatic heterocycles. The van der Waals surface area contributed by atoms with E-state index in [-0.39, 0.29) is 11.8 Å². The summed E-state index contributed by atoms with van der Waals surface area (Å²) in [5.41, 5.74) is 13.4. The largest absolute Gasteiger partial charge is 0.382 e. The molecule has 4 rings (SSSR count). The van der Waals surface area contributed by atoms with Gasteiger partial charge in [-0.05, 0) is 0 Å². The number of anilines is 2. The molecule has 1 unspecified atom stereocenters. The molecular weight excluding hydrogens is 274 g/mol. The first kappa shape index (κ1) is 11.6. The lowest BCUT2D eigenvalue weighted by atomic mass is 10.3. The van der Waals surface area contributed by atoms with E-state index in [1.807, 2.05) is 0 Å². The van der Waals surface area contributed by atoms with Crippen LogP contribution in [-0.2, 0) is 0 Å². The van der Waals surface area contributed by atoms with Crippen molar-refractivity contribution in [2.75, 3.05) is 11.1 Å². The Morgan fingerprint density at radius 1 is 1.29 bits per heavy atom. The van der Waals surface area contributed by atoms with Crippen LogP contribution in [0.3, 0.4) is 0 Å². The van der Waals surface area contributed by atoms with Gasteiger partial charge >= 0.3 is 0 Å². The number of amidine groups is 1. The molecule has 2 aromatic heterocycles. The highest BCUT2D eigenvalue weighted by molar-refractivity contribution is 6.65. The van der Waals surface area contributed by atoms with Gasteiger partial charge in [0.25, 0.3) is 5.91 Å². The van der Waals surface area contributed by atoms with Crippen LogP contribution in [0.2, 0.25) is 0 Å². The summed E-state index contributed by atoms with van der Waals surface area (Å²) >= 11 is 0. The average molecular weight is 283 g/mol. The minimum atomic E-state index is -1.47. The molecule has 0 aromatic carbocycles. The monoisotopic (exact) mass is 283 g/mol. The van der Waals surface area contributed by atoms with Crippen molar-refractivity contribution in [2.45, 2.75) is 5.91 Å². The van der Waals surface area contributed by atoms with E-state index in [0.717, 1.165) is 0 Å². The summed E-state index contributed by atoms with van der Waals surface area (Å²) in [6, 6.07) is 0. The summed E-state index contributed by atoms with van der Waals surface area (Å²) in [5, 5.41) is 2.80. The van der Waals surface area contributed by atoms with Crippen molar-refractivity contribution in [3.05, 3.63) is 6.33 Å². The molecule has 2 aliphatic rings. The number of H-pyrrole nitrogens is 1. The van der Waals surface area contributed by atoms with Gasteiger partial charge in [0.05, 0.1) is 12.5 Å². The second-order valence-corrected chi connectivity index (χ2v) is 4.34. The Morgan fingerprint density at radius 3 is 3.10 bits per heavy atom. The number of aromatic nitrogens is 4. The second-order valence-electron chi connectivity index (χ2n) is 4.34. The lowest BCUT2D eigenvalue weighted by Crippen LogP contribution is -2.48. The maximum atomic E-state index is 6.04. The van der Waals surface area contributed by atoms with Crippen molar-refractivity contribution in [1.82, 2.24) is 19.9 Å². The Bertz CT molecular complexity index is 857. The van der Waals surface area contributed by atoms with E-state index in [1.54, 1.807) is 0 Å². The SMILES string of the molecule is Nc1nc(NC2(N)N=CC3=NC=NC3=N2)nc2nc[nH]c12. The van der Waals surface area contributed by atoms with Crippen molar-refractivity contribution in [3.63, 3.8) is 0 Å². The van der Waals surface area contributed by atoms with Crippen LogP contribution in [0.25, 0.3) is 11.2 Å². The van der Waals surface area contributed by atoms with E-state index in [1.165, 1.54) is 18.9 Å². The van der Waals surface area contributed by atoms with E-state index in [4.69, 9.17) is 11.5 Å². The fourth-order valence-electron chi connectivity index (χ4n) is 1.93. The van der Waals surface area contributed by atoms with Gasteiger partial charge in [0.1, 0.15) is 17.6 Å². The lowest BCUT2D eigenvalue weighted by molar-refractivity contribution is 0.536. The molecule has 0 aliphatic carbocycles. The Hall–Kier alpha value is -3.21. The summed E-state index contributed by atoms with van der Waals surface area (Å²) in [4.78, 5) is 31.4. The van der Waals surface area contributed by atoms with E-state index in [2.05, 4.69) is 45.2 Å². The first-order valence-corrected chi connectivity index (χ1v) is 5.92. The molecule has 11 nitrogen and oxygen atoms in total. The van der Waals surface area contributed by atoms with Crippen molar-refractivity contribution >= 4 is 47.0 Å². The summed E-state index contributed by atoms with van der Waals surface area (Å²) in [6.45, 7) is 0. The van der Waals surface area contributed by atoms with Gasteiger partial charge in [-0.3, -0.25) is 11.1 Å². The fraction of sp³-hybridized carbons (Fsp3) is 0.100. The Kier molecular flexibility index (Phi) is 2.15. The van der Waals surface area contributed by atoms with Crippen LogP contribution in [0.15, 0.2) is 26.3 Å². The van der Waals surface area contributed by atoms with Crippen LogP contribution in [0.4, 0.5) is 11.8 Å². The maximum Gasteiger partial charge on any atom is 0.288 e. The first-order valence-electron chi connectivity index (χ1n) is 5.92. The van der Waals surface area contributed by atoms with Gasteiger partial charge in [0.15, 0.2) is 17.3 Å². The molecule has 0 spiro atoms. The number of aromatic amines is 1. The van der Waals surface area contributed by atoms with E-state index in [0.29, 0.717) is 22.7 Å². The van der Waals surface area contributed by atoms with Crippen LogP contribution in [0.5, 0.6) is 0 Å². The molecule has 0 radical (unpaired) electrons. The van der Waals surface area contributed by atoms with Gasteiger partial charge < -0.3 is 10.7 Å². The predicted molar refractivity (Wildman–Crippen MR) is 78.5 cm³/mol. The molecule has 2 aromatic rings. The number of fused-ring (bicyclic) bond motifs is 2. The molecular formula is C10H9N11. The number of hydrogen-bond donors (Lipinski definition) is 4. The number of hydrogen-bond acceptors (Lipinski definition) is 10. The highest BCUT2D eigenvalue weighted by Gasteiger charge is 2.30. The first-order chi connectivity index (χ1) is 10.1. The molecule has 0 saturated carbocycles. The van der Waals surface area contributed by atoms with Crippen molar-refractivity contribution in [1.29, 1.82) is 0 Å². The van der Waals surface area contributed by atoms with Crippen molar-refractivity contribution < 1.29 is 0 Å². The minimum absolute atomic E-state index is 0.165. The molecule has 0 bridgehead atoms. The molecule has 0 amide bonds. The van der Waals surface area contributed by atoms with Crippen LogP contribution >= 0.6 is 0 Å². The summed E-state index contributed by atoms with van der Waals surface area (Å²) in [6.07, 6.45) is 4.35. The molecule has 21 heavy (non-hydrogen) atoms. The van der Waals surface area contributed by atoms with Crippen LogP contribution in [0, 0.1) is 0 Å². The molecule has 11 heteroatoms. The van der Waals surface area contributed by atoms with Gasteiger partial charge in [0.2, 0.25) is 5.95 Å². The molecule has 4 heterocycles. The number of nitrogens with one attached hydrogen (secondary N) is 2. The fourth-order valence-corrected chi connectivity index (χ4v) is 1.93. The van der Waals surface area contributed by atoms with Gasteiger partial charge in [-0.15, -0.1) is 0 Å². The van der Waals surface area contributed by atoms with E-state index < -0.39 is 5.91 Å². The predicted octanol–water partition coefficient (Wildman–Crippen LogP) is -1.12. The Labute approximate surface area is 117 Å². The average Bonchev–Trinajstić information content (AvgIpc) is 3.05. The Morgan fingerprint density at radius 2 is 2.19 bits per heavy atom. The lowest BCUT2D eigenvalue weighted by Gasteiger charge is -2.24. The number of nitrogens with zero attached hydrogens (tertiary/aromatic N) is 7. The third-order valence-electron chi connectivity index (χ3n) is 2.88. The van der Waals surface area contributed by atoms with Crippen molar-refractivity contribution in [3.8, 4) is 0 Å². The van der Waals surface area contributed by atoms with Gasteiger partial charge in [-0.25, -0.2) is 20.0 Å². The van der Waals surface area contributed by atoms with Crippen molar-refractivity contribution in [2.24, 2.45) is 25.7 Å². The summed E-state index contributed by atoms with van der Waals surface area (Å²) in [7, 11) is 0. The highest BCUT2D eigenvalue weighted by atomic mass is 15.4. The zero-order chi connectivity index (χ0) is 14.4. The van der Waals surface area contributed by atoms with Crippen LogP contribution < -0.4 is 16.8 Å². The number of imidazole rings is 1. The van der Waals surface area contributed by atoms with Crippen LogP contribution in [0.1, 0.15) is 0 Å². The third kappa shape index (κ3) is 1.83. The smallest absolute Gasteiger partial charge is 0.288 e. The highest BCUT2D eigenvalue weighted by Crippen LogP contribution is 2.19. The molecule has 0 fully saturated rings. The molecule has 0 saturated heterocycles. The normalized spacial score (nSPS) is 23.1. The third-order valence-corrected chi connectivity index (χ3v) is 2.88. The van der Waals surface area contributed by atoms with E-state index >= 15 is 0 Å². The summed E-state index contributed by atoms with van der Waals surface area (Å²) in [5.74, 6) is -0.656. The zero-order valence-electron chi connectivity index (χ0n) is 10.5. The number of nitrogens with two attached hydrogens (primary N) is 2. The Balaban J connectivity index is 1.71. The standard InChI is InChI=1S/C10H9N11/c11-6-5-8(16-3-14-5)19-9(18-6)21-10(12)17-1-4-7(20-10)15-2-13-4/h1-3H,12H2,(H4,11,14,16,18,19,21).